The number of aliphatic carboxylic acids is 1. The fourth-order valence-electron chi connectivity index (χ4n) is 1.73. The zero-order valence-corrected chi connectivity index (χ0v) is 9.52. The molecule has 5 heteroatoms. The number of carbonyl (C=O) groups is 1. The Labute approximate surface area is 97.7 Å². The molecule has 0 amide bonds. The molecule has 0 radical (unpaired) electrons. The summed E-state index contributed by atoms with van der Waals surface area (Å²) >= 11 is 0. The Bertz CT molecular complexity index is 418. The van der Waals surface area contributed by atoms with Crippen molar-refractivity contribution in [3.8, 4) is 0 Å². The first-order chi connectivity index (χ1) is 7.86. The van der Waals surface area contributed by atoms with E-state index in [0.717, 1.165) is 6.07 Å². The summed E-state index contributed by atoms with van der Waals surface area (Å²) in [5.41, 5.74) is -0.328. The van der Waals surface area contributed by atoms with E-state index >= 15 is 0 Å². The third-order valence-corrected chi connectivity index (χ3v) is 2.64. The SMILES string of the molecule is CC(C)C(C(=O)O)C(O)c1cccc(F)c1F. The highest BCUT2D eigenvalue weighted by Crippen LogP contribution is 2.30. The molecule has 1 aromatic rings. The summed E-state index contributed by atoms with van der Waals surface area (Å²) in [6.45, 7) is 3.19. The van der Waals surface area contributed by atoms with Crippen LogP contribution in [0.15, 0.2) is 18.2 Å². The minimum Gasteiger partial charge on any atom is -0.481 e. The Morgan fingerprint density at radius 2 is 1.88 bits per heavy atom. The van der Waals surface area contributed by atoms with Gasteiger partial charge >= 0.3 is 5.97 Å². The Kier molecular flexibility index (Phi) is 4.17. The van der Waals surface area contributed by atoms with E-state index in [9.17, 15) is 18.7 Å². The van der Waals surface area contributed by atoms with E-state index in [2.05, 4.69) is 0 Å². The predicted molar refractivity (Wildman–Crippen MR) is 57.3 cm³/mol. The van der Waals surface area contributed by atoms with Gasteiger partial charge in [-0.05, 0) is 12.0 Å². The minimum atomic E-state index is -1.57. The lowest BCUT2D eigenvalue weighted by Crippen LogP contribution is -2.27. The summed E-state index contributed by atoms with van der Waals surface area (Å²) in [5.74, 6) is -5.12. The lowest BCUT2D eigenvalue weighted by Gasteiger charge is -2.23. The van der Waals surface area contributed by atoms with Crippen molar-refractivity contribution in [2.75, 3.05) is 0 Å². The first-order valence-corrected chi connectivity index (χ1v) is 5.21. The molecule has 0 saturated heterocycles. The van der Waals surface area contributed by atoms with Crippen LogP contribution in [0.3, 0.4) is 0 Å². The highest BCUT2D eigenvalue weighted by atomic mass is 19.2. The van der Waals surface area contributed by atoms with Gasteiger partial charge in [0, 0.05) is 5.56 Å². The van der Waals surface area contributed by atoms with Gasteiger partial charge < -0.3 is 10.2 Å². The van der Waals surface area contributed by atoms with Crippen LogP contribution in [0, 0.1) is 23.5 Å². The molecule has 94 valence electrons. The number of benzene rings is 1. The van der Waals surface area contributed by atoms with Crippen molar-refractivity contribution in [1.82, 2.24) is 0 Å². The summed E-state index contributed by atoms with van der Waals surface area (Å²) in [6.07, 6.45) is -1.57. The molecular formula is C12H14F2O3. The zero-order chi connectivity index (χ0) is 13.2. The molecule has 1 aromatic carbocycles. The number of hydrogen-bond donors (Lipinski definition) is 2. The molecule has 2 atom stereocenters. The van der Waals surface area contributed by atoms with Gasteiger partial charge in [0.05, 0.1) is 12.0 Å². The Balaban J connectivity index is 3.14. The van der Waals surface area contributed by atoms with Gasteiger partial charge in [-0.3, -0.25) is 4.79 Å². The largest absolute Gasteiger partial charge is 0.481 e. The maximum Gasteiger partial charge on any atom is 0.309 e. The first kappa shape index (κ1) is 13.6. The fraction of sp³-hybridized carbons (Fsp3) is 0.417. The second kappa shape index (κ2) is 5.23. The van der Waals surface area contributed by atoms with Gasteiger partial charge in [0.15, 0.2) is 11.6 Å². The predicted octanol–water partition coefficient (Wildman–Crippen LogP) is 2.36. The van der Waals surface area contributed by atoms with Gasteiger partial charge in [-0.25, -0.2) is 8.78 Å². The number of halogens is 2. The second-order valence-corrected chi connectivity index (χ2v) is 4.20. The molecule has 2 N–H and O–H groups in total. The normalized spacial score (nSPS) is 14.7. The van der Waals surface area contributed by atoms with Crippen molar-refractivity contribution in [1.29, 1.82) is 0 Å². The number of carboxylic acids is 1. The number of rotatable bonds is 4. The summed E-state index contributed by atoms with van der Waals surface area (Å²) < 4.78 is 26.4. The van der Waals surface area contributed by atoms with Crippen molar-refractivity contribution < 1.29 is 23.8 Å². The van der Waals surface area contributed by atoms with Crippen LogP contribution in [-0.4, -0.2) is 16.2 Å². The molecule has 0 fully saturated rings. The molecule has 3 nitrogen and oxygen atoms in total. The first-order valence-electron chi connectivity index (χ1n) is 5.21. The molecule has 2 unspecified atom stereocenters. The number of aliphatic hydroxyl groups is 1. The maximum atomic E-state index is 13.4. The third kappa shape index (κ3) is 2.79. The molecule has 0 heterocycles. The number of aliphatic hydroxyl groups excluding tert-OH is 1. The molecule has 0 aliphatic carbocycles. The summed E-state index contributed by atoms with van der Waals surface area (Å²) in [6, 6.07) is 3.33. The molecule has 1 rings (SSSR count). The molecular weight excluding hydrogens is 230 g/mol. The Morgan fingerprint density at radius 1 is 1.29 bits per heavy atom. The van der Waals surface area contributed by atoms with Crippen molar-refractivity contribution in [3.63, 3.8) is 0 Å². The molecule has 17 heavy (non-hydrogen) atoms. The lowest BCUT2D eigenvalue weighted by atomic mass is 9.86. The van der Waals surface area contributed by atoms with Crippen LogP contribution in [0.1, 0.15) is 25.5 Å². The Morgan fingerprint density at radius 3 is 2.35 bits per heavy atom. The van der Waals surface area contributed by atoms with Crippen LogP contribution < -0.4 is 0 Å². The van der Waals surface area contributed by atoms with Crippen LogP contribution in [0.4, 0.5) is 8.78 Å². The standard InChI is InChI=1S/C12H14F2O3/c1-6(2)9(12(16)17)11(15)7-4-3-5-8(13)10(7)14/h3-6,9,11,15H,1-2H3,(H,16,17). The van der Waals surface area contributed by atoms with Crippen molar-refractivity contribution in [2.45, 2.75) is 20.0 Å². The minimum absolute atomic E-state index is 0.328. The fourth-order valence-corrected chi connectivity index (χ4v) is 1.73. The van der Waals surface area contributed by atoms with Gasteiger partial charge in [-0.15, -0.1) is 0 Å². The molecule has 0 aromatic heterocycles. The summed E-state index contributed by atoms with van der Waals surface area (Å²) in [5, 5.41) is 18.8. The van der Waals surface area contributed by atoms with Crippen LogP contribution in [-0.2, 0) is 4.79 Å². The highest BCUT2D eigenvalue weighted by molar-refractivity contribution is 5.71. The Hall–Kier alpha value is -1.49. The van der Waals surface area contributed by atoms with Gasteiger partial charge in [0.1, 0.15) is 0 Å². The van der Waals surface area contributed by atoms with Gasteiger partial charge in [0.2, 0.25) is 0 Å². The van der Waals surface area contributed by atoms with Crippen LogP contribution in [0.5, 0.6) is 0 Å². The average Bonchev–Trinajstić information content (AvgIpc) is 2.20. The summed E-state index contributed by atoms with van der Waals surface area (Å²) in [7, 11) is 0. The monoisotopic (exact) mass is 244 g/mol. The molecule has 0 spiro atoms. The van der Waals surface area contributed by atoms with Crippen LogP contribution >= 0.6 is 0 Å². The maximum absolute atomic E-state index is 13.4. The van der Waals surface area contributed by atoms with E-state index in [1.165, 1.54) is 12.1 Å². The quantitative estimate of drug-likeness (QED) is 0.854. The van der Waals surface area contributed by atoms with Gasteiger partial charge in [0.25, 0.3) is 0 Å². The molecule has 0 aliphatic heterocycles. The number of carboxylic acid groups (broad SMARTS) is 1. The van der Waals surface area contributed by atoms with Gasteiger partial charge in [-0.1, -0.05) is 26.0 Å². The number of hydrogen-bond acceptors (Lipinski definition) is 2. The van der Waals surface area contributed by atoms with E-state index in [0.29, 0.717) is 0 Å². The summed E-state index contributed by atoms with van der Waals surface area (Å²) in [4.78, 5) is 11.0. The topological polar surface area (TPSA) is 57.5 Å². The average molecular weight is 244 g/mol. The lowest BCUT2D eigenvalue weighted by molar-refractivity contribution is -0.148. The van der Waals surface area contributed by atoms with Gasteiger partial charge in [-0.2, -0.15) is 0 Å². The van der Waals surface area contributed by atoms with E-state index in [1.54, 1.807) is 13.8 Å². The third-order valence-electron chi connectivity index (χ3n) is 2.64. The smallest absolute Gasteiger partial charge is 0.309 e. The zero-order valence-electron chi connectivity index (χ0n) is 9.52. The highest BCUT2D eigenvalue weighted by Gasteiger charge is 2.32. The van der Waals surface area contributed by atoms with E-state index in [-0.39, 0.29) is 5.56 Å². The second-order valence-electron chi connectivity index (χ2n) is 4.20. The van der Waals surface area contributed by atoms with Crippen molar-refractivity contribution in [2.24, 2.45) is 11.8 Å². The van der Waals surface area contributed by atoms with Crippen molar-refractivity contribution in [3.05, 3.63) is 35.4 Å². The van der Waals surface area contributed by atoms with Crippen LogP contribution in [0.2, 0.25) is 0 Å². The molecule has 0 aliphatic rings. The van der Waals surface area contributed by atoms with E-state index in [1.807, 2.05) is 0 Å². The van der Waals surface area contributed by atoms with E-state index < -0.39 is 35.5 Å². The van der Waals surface area contributed by atoms with Crippen LogP contribution in [0.25, 0.3) is 0 Å². The molecule has 0 bridgehead atoms. The molecule has 0 saturated carbocycles. The van der Waals surface area contributed by atoms with E-state index in [4.69, 9.17) is 5.11 Å². The van der Waals surface area contributed by atoms with Crippen molar-refractivity contribution >= 4 is 5.97 Å².